The lowest BCUT2D eigenvalue weighted by Crippen LogP contribution is -2.45. The van der Waals surface area contributed by atoms with Crippen LogP contribution < -0.4 is 5.73 Å². The highest BCUT2D eigenvalue weighted by molar-refractivity contribution is 6.00. The lowest BCUT2D eigenvalue weighted by atomic mass is 9.85. The summed E-state index contributed by atoms with van der Waals surface area (Å²) < 4.78 is 11.5. The van der Waals surface area contributed by atoms with Crippen molar-refractivity contribution >= 4 is 5.84 Å². The Labute approximate surface area is 125 Å². The molecule has 0 saturated heterocycles. The van der Waals surface area contributed by atoms with E-state index in [-0.39, 0.29) is 5.84 Å². The largest absolute Gasteiger partial charge is 0.386 e. The van der Waals surface area contributed by atoms with Crippen LogP contribution in [-0.4, -0.2) is 25.0 Å². The van der Waals surface area contributed by atoms with E-state index in [1.54, 1.807) is 0 Å². The highest BCUT2D eigenvalue weighted by atomic mass is 16.7. The number of rotatable bonds is 6. The number of nitrogens with two attached hydrogens (primary N) is 1. The van der Waals surface area contributed by atoms with Crippen LogP contribution in [0.25, 0.3) is 0 Å². The molecule has 0 spiro atoms. The molecule has 0 bridgehead atoms. The van der Waals surface area contributed by atoms with Gasteiger partial charge in [0.25, 0.3) is 5.91 Å². The van der Waals surface area contributed by atoms with Gasteiger partial charge < -0.3 is 15.2 Å². The Morgan fingerprint density at radius 2 is 1.57 bits per heavy atom. The predicted molar refractivity (Wildman–Crippen MR) is 76.7 cm³/mol. The van der Waals surface area contributed by atoms with Crippen LogP contribution in [0.1, 0.15) is 40.5 Å². The van der Waals surface area contributed by atoms with Gasteiger partial charge in [0.15, 0.2) is 5.41 Å². The first-order chi connectivity index (χ1) is 9.99. The van der Waals surface area contributed by atoms with Crippen LogP contribution in [0.5, 0.6) is 0 Å². The van der Waals surface area contributed by atoms with Crippen LogP contribution >= 0.6 is 0 Å². The molecule has 1 saturated carbocycles. The highest BCUT2D eigenvalue weighted by Gasteiger charge is 2.99. The third kappa shape index (κ3) is 1.23. The average Bonchev–Trinajstić information content (AvgIpc) is 2.97. The summed E-state index contributed by atoms with van der Waals surface area (Å²) in [6, 6.07) is 4.60. The molecule has 0 aromatic heterocycles. The molecular formula is C15H22N4O2. The van der Waals surface area contributed by atoms with E-state index in [4.69, 9.17) is 15.2 Å². The van der Waals surface area contributed by atoms with Gasteiger partial charge in [-0.05, 0) is 26.7 Å². The number of fused-ring (bicyclic) bond motifs is 1. The molecule has 6 heteroatoms. The summed E-state index contributed by atoms with van der Waals surface area (Å²) in [5, 5.41) is 19.8. The molecule has 114 valence electrons. The van der Waals surface area contributed by atoms with Crippen molar-refractivity contribution in [3.8, 4) is 12.1 Å². The maximum Gasteiger partial charge on any atom is 0.293 e. The van der Waals surface area contributed by atoms with E-state index >= 15 is 0 Å². The van der Waals surface area contributed by atoms with Crippen molar-refractivity contribution in [3.05, 3.63) is 0 Å². The van der Waals surface area contributed by atoms with Gasteiger partial charge >= 0.3 is 0 Å². The fourth-order valence-corrected chi connectivity index (χ4v) is 4.53. The second-order valence-electron chi connectivity index (χ2n) is 5.46. The van der Waals surface area contributed by atoms with Gasteiger partial charge in [0.05, 0.1) is 12.1 Å². The van der Waals surface area contributed by atoms with E-state index in [2.05, 4.69) is 17.1 Å². The average molecular weight is 290 g/mol. The number of nitriles is 2. The second kappa shape index (κ2) is 4.69. The summed E-state index contributed by atoms with van der Waals surface area (Å²) in [4.78, 5) is 4.31. The minimum Gasteiger partial charge on any atom is -0.386 e. The number of amidine groups is 1. The van der Waals surface area contributed by atoms with Crippen LogP contribution in [0.15, 0.2) is 4.99 Å². The third-order valence-electron chi connectivity index (χ3n) is 5.28. The molecule has 21 heavy (non-hydrogen) atoms. The minimum atomic E-state index is -1.48. The van der Waals surface area contributed by atoms with Crippen molar-refractivity contribution in [2.24, 2.45) is 27.0 Å². The van der Waals surface area contributed by atoms with Gasteiger partial charge in [0, 0.05) is 18.6 Å². The first-order valence-electron chi connectivity index (χ1n) is 7.45. The molecule has 0 unspecified atom stereocenters. The molecule has 1 heterocycles. The summed E-state index contributed by atoms with van der Waals surface area (Å²) in [7, 11) is 0. The summed E-state index contributed by atoms with van der Waals surface area (Å²) in [5.74, 6) is -1.31. The Morgan fingerprint density at radius 3 is 1.86 bits per heavy atom. The van der Waals surface area contributed by atoms with Crippen molar-refractivity contribution in [2.45, 2.75) is 46.4 Å². The molecule has 1 aliphatic heterocycles. The zero-order valence-electron chi connectivity index (χ0n) is 13.1. The van der Waals surface area contributed by atoms with Gasteiger partial charge in [0.2, 0.25) is 0 Å². The van der Waals surface area contributed by atoms with E-state index in [1.807, 2.05) is 27.7 Å². The van der Waals surface area contributed by atoms with Crippen LogP contribution in [0, 0.1) is 38.9 Å². The molecular weight excluding hydrogens is 268 g/mol. The van der Waals surface area contributed by atoms with E-state index in [1.165, 1.54) is 0 Å². The second-order valence-corrected chi connectivity index (χ2v) is 5.46. The topological polar surface area (TPSA) is 104 Å². The summed E-state index contributed by atoms with van der Waals surface area (Å²) in [6.07, 6.45) is 1.28. The number of aliphatic imine (C=N–C) groups is 1. The molecule has 6 nitrogen and oxygen atoms in total. The first-order valence-corrected chi connectivity index (χ1v) is 7.45. The molecule has 2 aliphatic rings. The van der Waals surface area contributed by atoms with Gasteiger partial charge in [-0.2, -0.15) is 10.5 Å². The van der Waals surface area contributed by atoms with E-state index in [0.717, 1.165) is 0 Å². The fourth-order valence-electron chi connectivity index (χ4n) is 4.53. The Hall–Kier alpha value is -1.63. The third-order valence-corrected chi connectivity index (χ3v) is 5.28. The molecule has 1 fully saturated rings. The Bertz CT molecular complexity index is 549. The van der Waals surface area contributed by atoms with Crippen molar-refractivity contribution < 1.29 is 9.47 Å². The zero-order valence-corrected chi connectivity index (χ0v) is 13.1. The lowest BCUT2D eigenvalue weighted by molar-refractivity contribution is -0.261. The van der Waals surface area contributed by atoms with Crippen molar-refractivity contribution in [1.82, 2.24) is 0 Å². The molecule has 2 rings (SSSR count). The standard InChI is InChI=1S/C15H22N4O2/c1-5-12(6-2)13(9-16)11(18)19-15(20-7-3,21-8-4)14(12,13)10-17/h5-8H2,1-4H3,(H2,18,19)/t13-,14+/m0/s1. The van der Waals surface area contributed by atoms with Crippen LogP contribution in [0.4, 0.5) is 0 Å². The van der Waals surface area contributed by atoms with Crippen LogP contribution in [0.3, 0.4) is 0 Å². The molecule has 0 aromatic rings. The van der Waals surface area contributed by atoms with E-state index in [9.17, 15) is 10.5 Å². The lowest BCUT2D eigenvalue weighted by Gasteiger charge is -2.34. The highest BCUT2D eigenvalue weighted by Crippen LogP contribution is 2.87. The summed E-state index contributed by atoms with van der Waals surface area (Å²) in [6.45, 7) is 8.21. The monoisotopic (exact) mass is 290 g/mol. The number of ether oxygens (including phenoxy) is 2. The Kier molecular flexibility index (Phi) is 3.52. The van der Waals surface area contributed by atoms with E-state index in [0.29, 0.717) is 26.1 Å². The van der Waals surface area contributed by atoms with Gasteiger partial charge in [0.1, 0.15) is 11.3 Å². The number of nitrogens with zero attached hydrogens (tertiary/aromatic N) is 3. The number of hydrogen-bond donors (Lipinski definition) is 1. The minimum absolute atomic E-state index is 0.164. The fraction of sp³-hybridized carbons (Fsp3) is 0.800. The maximum absolute atomic E-state index is 9.98. The van der Waals surface area contributed by atoms with E-state index < -0.39 is 22.2 Å². The molecule has 0 amide bonds. The molecule has 0 aromatic carbocycles. The molecule has 1 aliphatic carbocycles. The first kappa shape index (κ1) is 15.8. The summed E-state index contributed by atoms with van der Waals surface area (Å²) in [5.41, 5.74) is 3.22. The van der Waals surface area contributed by atoms with Gasteiger partial charge in [-0.15, -0.1) is 0 Å². The maximum atomic E-state index is 9.98. The normalized spacial score (nSPS) is 34.5. The Morgan fingerprint density at radius 1 is 1.05 bits per heavy atom. The summed E-state index contributed by atoms with van der Waals surface area (Å²) >= 11 is 0. The molecule has 2 N–H and O–H groups in total. The van der Waals surface area contributed by atoms with Crippen molar-refractivity contribution in [2.75, 3.05) is 13.2 Å². The van der Waals surface area contributed by atoms with Gasteiger partial charge in [-0.3, -0.25) is 0 Å². The van der Waals surface area contributed by atoms with Gasteiger partial charge in [-0.1, -0.05) is 13.8 Å². The van der Waals surface area contributed by atoms with Crippen molar-refractivity contribution in [3.63, 3.8) is 0 Å². The predicted octanol–water partition coefficient (Wildman–Crippen LogP) is 1.92. The molecule has 2 atom stereocenters. The smallest absolute Gasteiger partial charge is 0.293 e. The molecule has 0 radical (unpaired) electrons. The van der Waals surface area contributed by atoms with Crippen molar-refractivity contribution in [1.29, 1.82) is 10.5 Å². The quantitative estimate of drug-likeness (QED) is 0.752. The SMILES string of the molecule is CCOC1(OCC)N=C(N)[C@@]2(C#N)C(CC)(CC)[C@@]12C#N. The Balaban J connectivity index is 2.74. The van der Waals surface area contributed by atoms with Crippen LogP contribution in [-0.2, 0) is 9.47 Å². The zero-order chi connectivity index (χ0) is 15.9. The van der Waals surface area contributed by atoms with Crippen LogP contribution in [0.2, 0.25) is 0 Å². The van der Waals surface area contributed by atoms with Gasteiger partial charge in [-0.25, -0.2) is 4.99 Å². The number of hydrogen-bond acceptors (Lipinski definition) is 6.